The minimum Gasteiger partial charge on any atom is -0.491 e. The molecule has 1 N–H and O–H groups in total. The van der Waals surface area contributed by atoms with Gasteiger partial charge in [-0.2, -0.15) is 0 Å². The van der Waals surface area contributed by atoms with Crippen LogP contribution in [-0.2, 0) is 4.79 Å². The number of carbonyl (C=O) groups excluding carboxylic acids is 1. The molecule has 0 spiro atoms. The molecule has 0 aliphatic carbocycles. The molecule has 0 heterocycles. The monoisotopic (exact) mass is 266 g/mol. The fourth-order valence-corrected chi connectivity index (χ4v) is 1.21. The van der Waals surface area contributed by atoms with Crippen LogP contribution in [0.1, 0.15) is 34.1 Å². The van der Waals surface area contributed by atoms with Crippen LogP contribution in [-0.4, -0.2) is 23.8 Å². The van der Waals surface area contributed by atoms with Crippen molar-refractivity contribution in [3.63, 3.8) is 0 Å². The van der Waals surface area contributed by atoms with Crippen LogP contribution < -0.4 is 9.47 Å². The molecule has 106 valence electrons. The zero-order valence-electron chi connectivity index (χ0n) is 12.0. The van der Waals surface area contributed by atoms with Crippen molar-refractivity contribution >= 4 is 5.97 Å². The van der Waals surface area contributed by atoms with Crippen molar-refractivity contribution in [3.05, 3.63) is 24.3 Å². The molecular formula is C15H22O4. The zero-order chi connectivity index (χ0) is 14.5. The maximum absolute atomic E-state index is 11.9. The molecule has 19 heavy (non-hydrogen) atoms. The Morgan fingerprint density at radius 1 is 1.26 bits per heavy atom. The van der Waals surface area contributed by atoms with E-state index in [0.717, 1.165) is 6.42 Å². The topological polar surface area (TPSA) is 55.8 Å². The van der Waals surface area contributed by atoms with E-state index in [2.05, 4.69) is 0 Å². The van der Waals surface area contributed by atoms with E-state index in [-0.39, 0.29) is 12.6 Å². The van der Waals surface area contributed by atoms with Gasteiger partial charge in [0.05, 0.1) is 11.5 Å². The summed E-state index contributed by atoms with van der Waals surface area (Å²) in [6.07, 6.45) is 0.212. The van der Waals surface area contributed by atoms with Crippen molar-refractivity contribution in [2.45, 2.75) is 40.2 Å². The molecule has 1 atom stereocenters. The normalized spacial score (nSPS) is 12.9. The summed E-state index contributed by atoms with van der Waals surface area (Å²) >= 11 is 0. The first-order chi connectivity index (χ1) is 8.85. The average Bonchev–Trinajstić information content (AvgIpc) is 2.37. The molecule has 0 fully saturated rings. The summed E-state index contributed by atoms with van der Waals surface area (Å²) in [6.45, 7) is 7.56. The van der Waals surface area contributed by atoms with Crippen molar-refractivity contribution in [1.82, 2.24) is 0 Å². The molecule has 0 saturated heterocycles. The van der Waals surface area contributed by atoms with Crippen LogP contribution in [0.15, 0.2) is 24.3 Å². The maximum Gasteiger partial charge on any atom is 0.316 e. The van der Waals surface area contributed by atoms with Gasteiger partial charge >= 0.3 is 5.97 Å². The van der Waals surface area contributed by atoms with Gasteiger partial charge in [0.2, 0.25) is 0 Å². The van der Waals surface area contributed by atoms with Gasteiger partial charge in [0.25, 0.3) is 0 Å². The fraction of sp³-hybridized carbons (Fsp3) is 0.533. The number of esters is 1. The second-order valence-electron chi connectivity index (χ2n) is 5.26. The van der Waals surface area contributed by atoms with Gasteiger partial charge in [-0.1, -0.05) is 6.92 Å². The van der Waals surface area contributed by atoms with E-state index in [9.17, 15) is 4.79 Å². The molecule has 1 aromatic carbocycles. The van der Waals surface area contributed by atoms with E-state index < -0.39 is 11.5 Å². The van der Waals surface area contributed by atoms with Crippen molar-refractivity contribution < 1.29 is 19.4 Å². The predicted molar refractivity (Wildman–Crippen MR) is 73.3 cm³/mol. The molecule has 0 radical (unpaired) electrons. The van der Waals surface area contributed by atoms with E-state index in [1.807, 2.05) is 20.8 Å². The van der Waals surface area contributed by atoms with Crippen molar-refractivity contribution in [2.24, 2.45) is 5.41 Å². The summed E-state index contributed by atoms with van der Waals surface area (Å²) < 4.78 is 10.6. The first-order valence-electron chi connectivity index (χ1n) is 6.48. The number of hydrogen-bond donors (Lipinski definition) is 1. The minimum absolute atomic E-state index is 0.238. The predicted octanol–water partition coefficient (Wildman–Crippen LogP) is 2.79. The van der Waals surface area contributed by atoms with Crippen molar-refractivity contribution in [3.8, 4) is 11.5 Å². The highest BCUT2D eigenvalue weighted by molar-refractivity contribution is 5.78. The Bertz CT molecular complexity index is 407. The van der Waals surface area contributed by atoms with E-state index in [1.165, 1.54) is 0 Å². The minimum atomic E-state index is -0.511. The van der Waals surface area contributed by atoms with Gasteiger partial charge in [-0.3, -0.25) is 4.79 Å². The van der Waals surface area contributed by atoms with Crippen LogP contribution in [0, 0.1) is 5.41 Å². The van der Waals surface area contributed by atoms with E-state index >= 15 is 0 Å². The molecule has 1 rings (SSSR count). The van der Waals surface area contributed by atoms with Gasteiger partial charge in [0.15, 0.2) is 0 Å². The third kappa shape index (κ3) is 4.91. The fourth-order valence-electron chi connectivity index (χ4n) is 1.21. The Balaban J connectivity index is 2.60. The number of aliphatic hydroxyl groups is 1. The van der Waals surface area contributed by atoms with Crippen molar-refractivity contribution in [2.75, 3.05) is 6.61 Å². The number of ether oxygens (including phenoxy) is 2. The molecule has 0 aliphatic rings. The maximum atomic E-state index is 11.9. The quantitative estimate of drug-likeness (QED) is 0.635. The summed E-state index contributed by atoms with van der Waals surface area (Å²) in [7, 11) is 0. The molecule has 1 unspecified atom stereocenters. The third-order valence-electron chi connectivity index (χ3n) is 2.96. The largest absolute Gasteiger partial charge is 0.491 e. The second kappa shape index (κ2) is 6.57. The van der Waals surface area contributed by atoms with Crippen LogP contribution in [0.25, 0.3) is 0 Å². The van der Waals surface area contributed by atoms with Gasteiger partial charge in [-0.25, -0.2) is 0 Å². The lowest BCUT2D eigenvalue weighted by molar-refractivity contribution is -0.144. The van der Waals surface area contributed by atoms with Crippen LogP contribution >= 0.6 is 0 Å². The molecular weight excluding hydrogens is 244 g/mol. The van der Waals surface area contributed by atoms with Gasteiger partial charge in [-0.15, -0.1) is 0 Å². The lowest BCUT2D eigenvalue weighted by Gasteiger charge is -2.20. The smallest absolute Gasteiger partial charge is 0.316 e. The summed E-state index contributed by atoms with van der Waals surface area (Å²) in [5.74, 6) is 0.888. The lowest BCUT2D eigenvalue weighted by Crippen LogP contribution is -2.28. The highest BCUT2D eigenvalue weighted by atomic mass is 16.5. The molecule has 0 saturated carbocycles. The number of rotatable bonds is 6. The summed E-state index contributed by atoms with van der Waals surface area (Å²) in [5, 5.41) is 9.11. The molecule has 0 amide bonds. The van der Waals surface area contributed by atoms with Crippen molar-refractivity contribution in [1.29, 1.82) is 0 Å². The van der Waals surface area contributed by atoms with E-state index in [4.69, 9.17) is 14.6 Å². The number of benzene rings is 1. The standard InChI is InChI=1S/C15H22O4/c1-5-15(3,4)14(17)19-13-8-6-12(7-9-13)18-10-11(2)16/h6-9,11,16H,5,10H2,1-4H3. The number of carbonyl (C=O) groups is 1. The molecule has 4 nitrogen and oxygen atoms in total. The van der Waals surface area contributed by atoms with Crippen LogP contribution in [0.3, 0.4) is 0 Å². The number of hydrogen-bond acceptors (Lipinski definition) is 4. The van der Waals surface area contributed by atoms with Crippen LogP contribution in [0.5, 0.6) is 11.5 Å². The SMILES string of the molecule is CCC(C)(C)C(=O)Oc1ccc(OCC(C)O)cc1. The van der Waals surface area contributed by atoms with Gasteiger partial charge in [0, 0.05) is 0 Å². The molecule has 0 aliphatic heterocycles. The van der Waals surface area contributed by atoms with Crippen LogP contribution in [0.4, 0.5) is 0 Å². The van der Waals surface area contributed by atoms with Gasteiger partial charge < -0.3 is 14.6 Å². The highest BCUT2D eigenvalue weighted by Crippen LogP contribution is 2.24. The Hall–Kier alpha value is -1.55. The highest BCUT2D eigenvalue weighted by Gasteiger charge is 2.27. The Kier molecular flexibility index (Phi) is 5.36. The first-order valence-corrected chi connectivity index (χ1v) is 6.48. The third-order valence-corrected chi connectivity index (χ3v) is 2.96. The van der Waals surface area contributed by atoms with E-state index in [1.54, 1.807) is 31.2 Å². The van der Waals surface area contributed by atoms with Gasteiger partial charge in [0.1, 0.15) is 18.1 Å². The Labute approximate surface area is 114 Å². The Morgan fingerprint density at radius 2 is 1.79 bits per heavy atom. The summed E-state index contributed by atoms with van der Waals surface area (Å²) in [4.78, 5) is 11.9. The summed E-state index contributed by atoms with van der Waals surface area (Å²) in [5.41, 5.74) is -0.485. The van der Waals surface area contributed by atoms with E-state index in [0.29, 0.717) is 11.5 Å². The molecule has 1 aromatic rings. The lowest BCUT2D eigenvalue weighted by atomic mass is 9.91. The Morgan fingerprint density at radius 3 is 2.26 bits per heavy atom. The second-order valence-corrected chi connectivity index (χ2v) is 5.26. The average molecular weight is 266 g/mol. The molecule has 0 bridgehead atoms. The molecule has 4 heteroatoms. The first kappa shape index (κ1) is 15.5. The van der Waals surface area contributed by atoms with Gasteiger partial charge in [-0.05, 0) is 51.5 Å². The zero-order valence-corrected chi connectivity index (χ0v) is 12.0. The van der Waals surface area contributed by atoms with Crippen LogP contribution in [0.2, 0.25) is 0 Å². The molecule has 0 aromatic heterocycles. The summed E-state index contributed by atoms with van der Waals surface area (Å²) in [6, 6.07) is 6.79. The number of aliphatic hydroxyl groups excluding tert-OH is 1.